The van der Waals surface area contributed by atoms with E-state index in [-0.39, 0.29) is 11.9 Å². The first-order chi connectivity index (χ1) is 13.1. The zero-order valence-corrected chi connectivity index (χ0v) is 14.9. The number of hydrogen-bond donors (Lipinski definition) is 2. The van der Waals surface area contributed by atoms with Gasteiger partial charge in [0.25, 0.3) is 5.91 Å². The predicted octanol–water partition coefficient (Wildman–Crippen LogP) is 2.96. The number of aromatic nitrogens is 2. The summed E-state index contributed by atoms with van der Waals surface area (Å²) < 4.78 is 5.89. The summed E-state index contributed by atoms with van der Waals surface area (Å²) in [6.45, 7) is 0.652. The third kappa shape index (κ3) is 3.83. The van der Waals surface area contributed by atoms with Gasteiger partial charge in [-0.3, -0.25) is 9.63 Å². The van der Waals surface area contributed by atoms with E-state index >= 15 is 0 Å². The monoisotopic (exact) mass is 364 g/mol. The molecule has 138 valence electrons. The van der Waals surface area contributed by atoms with Gasteiger partial charge in [-0.15, -0.1) is 0 Å². The molecule has 1 aromatic heterocycles. The van der Waals surface area contributed by atoms with E-state index in [1.807, 2.05) is 30.3 Å². The molecular weight excluding hydrogens is 344 g/mol. The molecule has 1 heterocycles. The molecule has 0 spiro atoms. The molecule has 1 fully saturated rings. The molecule has 0 saturated heterocycles. The smallest absolute Gasteiger partial charge is 0.274 e. The van der Waals surface area contributed by atoms with Crippen molar-refractivity contribution in [2.75, 3.05) is 19.5 Å². The van der Waals surface area contributed by atoms with E-state index in [1.165, 1.54) is 20.0 Å². The highest BCUT2D eigenvalue weighted by Gasteiger charge is 2.23. The lowest BCUT2D eigenvalue weighted by molar-refractivity contribution is 0.0537. The molecule has 0 aliphatic heterocycles. The van der Waals surface area contributed by atoms with Crippen LogP contribution in [0.5, 0.6) is 5.88 Å². The summed E-state index contributed by atoms with van der Waals surface area (Å²) >= 11 is 0. The first-order valence-corrected chi connectivity index (χ1v) is 8.78. The van der Waals surface area contributed by atoms with E-state index in [2.05, 4.69) is 20.3 Å². The Labute approximate surface area is 156 Å². The van der Waals surface area contributed by atoms with Crippen LogP contribution >= 0.6 is 0 Å². The number of nitrogens with zero attached hydrogens (tertiary/aromatic N) is 2. The number of fused-ring (bicyclic) bond motifs is 1. The van der Waals surface area contributed by atoms with E-state index in [0.29, 0.717) is 24.0 Å². The Kier molecular flexibility index (Phi) is 4.60. The number of nitrogens with two attached hydrogens (primary N) is 1. The minimum atomic E-state index is -0.290. The SMILES string of the molecule is CONC(=O)c1ccc(-c2ccc3nc(N)nc(OCC4CC4)c3c2)cc1. The fraction of sp³-hybridized carbons (Fsp3) is 0.250. The van der Waals surface area contributed by atoms with Gasteiger partial charge < -0.3 is 10.5 Å². The number of amides is 1. The average molecular weight is 364 g/mol. The molecule has 7 nitrogen and oxygen atoms in total. The first kappa shape index (κ1) is 17.2. The van der Waals surface area contributed by atoms with Gasteiger partial charge in [0.05, 0.1) is 24.6 Å². The third-order valence-corrected chi connectivity index (χ3v) is 4.51. The molecule has 0 radical (unpaired) electrons. The van der Waals surface area contributed by atoms with Crippen molar-refractivity contribution in [1.82, 2.24) is 15.4 Å². The first-order valence-electron chi connectivity index (χ1n) is 8.78. The van der Waals surface area contributed by atoms with Crippen LogP contribution < -0.4 is 16.0 Å². The molecule has 1 aliphatic carbocycles. The van der Waals surface area contributed by atoms with Gasteiger partial charge in [-0.05, 0) is 54.2 Å². The molecule has 27 heavy (non-hydrogen) atoms. The number of ether oxygens (including phenoxy) is 1. The lowest BCUT2D eigenvalue weighted by Crippen LogP contribution is -2.21. The van der Waals surface area contributed by atoms with Crippen molar-refractivity contribution in [3.05, 3.63) is 48.0 Å². The molecule has 7 heteroatoms. The molecule has 0 bridgehead atoms. The van der Waals surface area contributed by atoms with Crippen molar-refractivity contribution in [2.45, 2.75) is 12.8 Å². The molecule has 4 rings (SSSR count). The van der Waals surface area contributed by atoms with Gasteiger partial charge in [0.15, 0.2) is 0 Å². The largest absolute Gasteiger partial charge is 0.477 e. The second kappa shape index (κ2) is 7.20. The van der Waals surface area contributed by atoms with Crippen LogP contribution in [0.4, 0.5) is 5.95 Å². The van der Waals surface area contributed by atoms with E-state index in [9.17, 15) is 4.79 Å². The second-order valence-corrected chi connectivity index (χ2v) is 6.59. The van der Waals surface area contributed by atoms with Crippen LogP contribution in [0.15, 0.2) is 42.5 Å². The summed E-state index contributed by atoms with van der Waals surface area (Å²) in [7, 11) is 1.40. The van der Waals surface area contributed by atoms with Gasteiger partial charge >= 0.3 is 0 Å². The number of benzene rings is 2. The van der Waals surface area contributed by atoms with Crippen molar-refractivity contribution in [2.24, 2.45) is 5.92 Å². The maximum Gasteiger partial charge on any atom is 0.274 e. The number of carbonyl (C=O) groups excluding carboxylic acids is 1. The number of nitrogen functional groups attached to an aromatic ring is 1. The Morgan fingerprint density at radius 1 is 1.15 bits per heavy atom. The fourth-order valence-corrected chi connectivity index (χ4v) is 2.85. The maximum atomic E-state index is 11.8. The molecule has 0 atom stereocenters. The molecule has 3 N–H and O–H groups in total. The highest BCUT2D eigenvalue weighted by atomic mass is 16.6. The van der Waals surface area contributed by atoms with Crippen molar-refractivity contribution in [1.29, 1.82) is 0 Å². The molecule has 2 aromatic carbocycles. The zero-order chi connectivity index (χ0) is 18.8. The van der Waals surface area contributed by atoms with E-state index in [0.717, 1.165) is 22.0 Å². The number of carbonyl (C=O) groups is 1. The summed E-state index contributed by atoms with van der Waals surface area (Å²) in [5.74, 6) is 1.05. The minimum Gasteiger partial charge on any atom is -0.477 e. The number of anilines is 1. The Balaban J connectivity index is 1.66. The topological polar surface area (TPSA) is 99.4 Å². The third-order valence-electron chi connectivity index (χ3n) is 4.51. The quantitative estimate of drug-likeness (QED) is 0.653. The van der Waals surface area contributed by atoms with Gasteiger partial charge in [-0.1, -0.05) is 18.2 Å². The van der Waals surface area contributed by atoms with Crippen molar-refractivity contribution in [3.63, 3.8) is 0 Å². The minimum absolute atomic E-state index is 0.203. The van der Waals surface area contributed by atoms with Crippen LogP contribution in [0.2, 0.25) is 0 Å². The molecule has 1 saturated carbocycles. The van der Waals surface area contributed by atoms with Crippen LogP contribution in [-0.4, -0.2) is 29.6 Å². The van der Waals surface area contributed by atoms with Gasteiger partial charge in [0.1, 0.15) is 0 Å². The summed E-state index contributed by atoms with van der Waals surface area (Å²) in [6, 6.07) is 13.1. The zero-order valence-electron chi connectivity index (χ0n) is 14.9. The van der Waals surface area contributed by atoms with E-state index < -0.39 is 0 Å². The van der Waals surface area contributed by atoms with E-state index in [1.54, 1.807) is 12.1 Å². The second-order valence-electron chi connectivity index (χ2n) is 6.59. The van der Waals surface area contributed by atoms with Crippen LogP contribution in [-0.2, 0) is 4.84 Å². The summed E-state index contributed by atoms with van der Waals surface area (Å²) in [4.78, 5) is 25.0. The normalized spacial score (nSPS) is 13.5. The van der Waals surface area contributed by atoms with Gasteiger partial charge in [-0.2, -0.15) is 4.98 Å². The van der Waals surface area contributed by atoms with Gasteiger partial charge in [0, 0.05) is 5.56 Å². The Morgan fingerprint density at radius 3 is 2.59 bits per heavy atom. The summed E-state index contributed by atoms with van der Waals surface area (Å²) in [5, 5.41) is 0.823. The summed E-state index contributed by atoms with van der Waals surface area (Å²) in [5.41, 5.74) is 11.3. The predicted molar refractivity (Wildman–Crippen MR) is 102 cm³/mol. The number of rotatable bonds is 6. The Bertz CT molecular complexity index is 984. The van der Waals surface area contributed by atoms with Gasteiger partial charge in [-0.25, -0.2) is 10.5 Å². The lowest BCUT2D eigenvalue weighted by atomic mass is 10.0. The number of hydroxylamine groups is 1. The number of nitrogens with one attached hydrogen (secondary N) is 1. The molecule has 0 unspecified atom stereocenters. The van der Waals surface area contributed by atoms with Crippen LogP contribution in [0.1, 0.15) is 23.2 Å². The Hall–Kier alpha value is -3.19. The molecule has 3 aromatic rings. The standard InChI is InChI=1S/C20H20N4O3/c1-26-24-18(25)14-6-4-13(5-7-14)15-8-9-17-16(10-15)19(23-20(21)22-17)27-11-12-2-3-12/h4-10,12H,2-3,11H2,1H3,(H,24,25)(H2,21,22,23). The van der Waals surface area contributed by atoms with Crippen LogP contribution in [0.25, 0.3) is 22.0 Å². The molecular formula is C20H20N4O3. The fourth-order valence-electron chi connectivity index (χ4n) is 2.85. The molecule has 1 amide bonds. The highest BCUT2D eigenvalue weighted by molar-refractivity contribution is 5.94. The van der Waals surface area contributed by atoms with Crippen molar-refractivity contribution >= 4 is 22.8 Å². The summed E-state index contributed by atoms with van der Waals surface area (Å²) in [6.07, 6.45) is 2.40. The van der Waals surface area contributed by atoms with Crippen LogP contribution in [0, 0.1) is 5.92 Å². The highest BCUT2D eigenvalue weighted by Crippen LogP contribution is 2.32. The van der Waals surface area contributed by atoms with Crippen molar-refractivity contribution in [3.8, 4) is 17.0 Å². The Morgan fingerprint density at radius 2 is 1.89 bits per heavy atom. The average Bonchev–Trinajstić information content (AvgIpc) is 3.50. The van der Waals surface area contributed by atoms with Gasteiger partial charge in [0.2, 0.25) is 11.8 Å². The lowest BCUT2D eigenvalue weighted by Gasteiger charge is -2.10. The number of hydrogen-bond acceptors (Lipinski definition) is 6. The molecule has 1 aliphatic rings. The van der Waals surface area contributed by atoms with Crippen molar-refractivity contribution < 1.29 is 14.4 Å². The van der Waals surface area contributed by atoms with Crippen LogP contribution in [0.3, 0.4) is 0 Å². The van der Waals surface area contributed by atoms with E-state index in [4.69, 9.17) is 10.5 Å². The maximum absolute atomic E-state index is 11.8.